The average molecular weight is 144 g/mol. The maximum absolute atomic E-state index is 10.9. The van der Waals surface area contributed by atoms with Crippen molar-refractivity contribution in [3.8, 4) is 0 Å². The van der Waals surface area contributed by atoms with E-state index in [4.69, 9.17) is 5.73 Å². The summed E-state index contributed by atoms with van der Waals surface area (Å²) in [7, 11) is 1.37. The molecule has 0 bridgehead atoms. The molecule has 2 atom stereocenters. The van der Waals surface area contributed by atoms with Crippen LogP contribution < -0.4 is 11.1 Å². The van der Waals surface area contributed by atoms with Crippen molar-refractivity contribution in [1.82, 2.24) is 5.32 Å². The van der Waals surface area contributed by atoms with Crippen LogP contribution in [0.2, 0.25) is 0 Å². The molecule has 4 nitrogen and oxygen atoms in total. The monoisotopic (exact) mass is 144 g/mol. The van der Waals surface area contributed by atoms with Gasteiger partial charge in [-0.15, -0.1) is 0 Å². The zero-order valence-corrected chi connectivity index (χ0v) is 5.96. The van der Waals surface area contributed by atoms with Crippen LogP contribution in [0, 0.1) is 0 Å². The number of nitrogens with one attached hydrogen (secondary N) is 1. The molecule has 0 aromatic carbocycles. The Morgan fingerprint density at radius 3 is 2.90 bits per heavy atom. The summed E-state index contributed by atoms with van der Waals surface area (Å²) in [4.78, 5) is 10.9. The van der Waals surface area contributed by atoms with E-state index >= 15 is 0 Å². The fourth-order valence-corrected chi connectivity index (χ4v) is 1.11. The Bertz CT molecular complexity index is 138. The van der Waals surface area contributed by atoms with Crippen LogP contribution in [-0.2, 0) is 9.53 Å². The van der Waals surface area contributed by atoms with Crippen LogP contribution in [0.25, 0.3) is 0 Å². The molecule has 1 rings (SSSR count). The Morgan fingerprint density at radius 1 is 1.80 bits per heavy atom. The molecule has 0 saturated carbocycles. The maximum atomic E-state index is 10.9. The summed E-state index contributed by atoms with van der Waals surface area (Å²) >= 11 is 0. The number of nitrogens with two attached hydrogens (primary N) is 1. The van der Waals surface area contributed by atoms with Crippen molar-refractivity contribution < 1.29 is 9.53 Å². The molecule has 1 aliphatic rings. The number of esters is 1. The lowest BCUT2D eigenvalue weighted by Gasteiger charge is -2.11. The Kier molecular flexibility index (Phi) is 2.24. The van der Waals surface area contributed by atoms with Crippen LogP contribution in [0.15, 0.2) is 0 Å². The summed E-state index contributed by atoms with van der Waals surface area (Å²) in [6, 6.07) is -0.363. The van der Waals surface area contributed by atoms with Crippen LogP contribution in [0.1, 0.15) is 6.42 Å². The lowest BCUT2D eigenvalue weighted by molar-refractivity contribution is -0.142. The highest BCUT2D eigenvalue weighted by atomic mass is 16.5. The maximum Gasteiger partial charge on any atom is 0.324 e. The predicted octanol–water partition coefficient (Wildman–Crippen LogP) is -1.15. The summed E-state index contributed by atoms with van der Waals surface area (Å²) in [5.41, 5.74) is 5.59. The Balaban J connectivity index is 2.46. The first kappa shape index (κ1) is 7.50. The van der Waals surface area contributed by atoms with Gasteiger partial charge in [-0.25, -0.2) is 0 Å². The van der Waals surface area contributed by atoms with Gasteiger partial charge in [0.1, 0.15) is 6.04 Å². The molecular formula is C6H12N2O2. The second kappa shape index (κ2) is 2.98. The standard InChI is InChI=1S/C6H12N2O2/c1-10-6(9)5-4(7)2-3-8-5/h4-5,8H,2-3,7H2,1H3/t4-,5+/m1/s1. The number of ether oxygens (including phenoxy) is 1. The van der Waals surface area contributed by atoms with Gasteiger partial charge >= 0.3 is 5.97 Å². The highest BCUT2D eigenvalue weighted by molar-refractivity contribution is 5.77. The molecule has 1 heterocycles. The van der Waals surface area contributed by atoms with Crippen molar-refractivity contribution in [3.63, 3.8) is 0 Å². The first-order valence-corrected chi connectivity index (χ1v) is 3.32. The number of carbonyl (C=O) groups excluding carboxylic acids is 1. The zero-order chi connectivity index (χ0) is 7.56. The lowest BCUT2D eigenvalue weighted by atomic mass is 10.1. The van der Waals surface area contributed by atoms with Gasteiger partial charge in [-0.3, -0.25) is 4.79 Å². The fraction of sp³-hybridized carbons (Fsp3) is 0.833. The molecule has 0 unspecified atom stereocenters. The van der Waals surface area contributed by atoms with Crippen LogP contribution in [-0.4, -0.2) is 31.7 Å². The van der Waals surface area contributed by atoms with Gasteiger partial charge < -0.3 is 15.8 Å². The highest BCUT2D eigenvalue weighted by Crippen LogP contribution is 2.04. The molecule has 3 N–H and O–H groups in total. The second-order valence-electron chi connectivity index (χ2n) is 2.41. The summed E-state index contributed by atoms with van der Waals surface area (Å²) in [5.74, 6) is -0.259. The summed E-state index contributed by atoms with van der Waals surface area (Å²) in [5, 5.41) is 2.96. The van der Waals surface area contributed by atoms with E-state index < -0.39 is 0 Å². The van der Waals surface area contributed by atoms with Crippen LogP contribution in [0.4, 0.5) is 0 Å². The topological polar surface area (TPSA) is 64.3 Å². The van der Waals surface area contributed by atoms with Gasteiger partial charge in [0.2, 0.25) is 0 Å². The molecule has 0 amide bonds. The molecule has 0 radical (unpaired) electrons. The minimum absolute atomic E-state index is 0.0764. The smallest absolute Gasteiger partial charge is 0.324 e. The van der Waals surface area contributed by atoms with Gasteiger partial charge in [-0.2, -0.15) is 0 Å². The van der Waals surface area contributed by atoms with Crippen molar-refractivity contribution in [2.24, 2.45) is 5.73 Å². The van der Waals surface area contributed by atoms with E-state index in [0.29, 0.717) is 0 Å². The molecule has 1 fully saturated rings. The summed E-state index contributed by atoms with van der Waals surface area (Å²) < 4.78 is 4.52. The zero-order valence-electron chi connectivity index (χ0n) is 5.96. The Morgan fingerprint density at radius 2 is 2.50 bits per heavy atom. The van der Waals surface area contributed by atoms with Gasteiger partial charge in [0.05, 0.1) is 7.11 Å². The molecule has 1 aliphatic heterocycles. The Labute approximate surface area is 59.7 Å². The van der Waals surface area contributed by atoms with Gasteiger partial charge in [-0.05, 0) is 13.0 Å². The van der Waals surface area contributed by atoms with Crippen LogP contribution >= 0.6 is 0 Å². The molecule has 1 saturated heterocycles. The molecule has 0 aromatic rings. The van der Waals surface area contributed by atoms with Crippen molar-refractivity contribution in [2.45, 2.75) is 18.5 Å². The molecule has 4 heteroatoms. The van der Waals surface area contributed by atoms with E-state index in [1.54, 1.807) is 0 Å². The third-order valence-electron chi connectivity index (χ3n) is 1.73. The third kappa shape index (κ3) is 1.27. The first-order valence-electron chi connectivity index (χ1n) is 3.32. The largest absolute Gasteiger partial charge is 0.468 e. The minimum atomic E-state index is -0.287. The predicted molar refractivity (Wildman–Crippen MR) is 36.4 cm³/mol. The number of carbonyl (C=O) groups is 1. The van der Waals surface area contributed by atoms with E-state index in [0.717, 1.165) is 13.0 Å². The van der Waals surface area contributed by atoms with Gasteiger partial charge in [0, 0.05) is 6.04 Å². The molecule has 0 spiro atoms. The first-order chi connectivity index (χ1) is 4.75. The van der Waals surface area contributed by atoms with Crippen LogP contribution in [0.5, 0.6) is 0 Å². The minimum Gasteiger partial charge on any atom is -0.468 e. The molecule has 0 aliphatic carbocycles. The van der Waals surface area contributed by atoms with Crippen molar-refractivity contribution >= 4 is 5.97 Å². The molecular weight excluding hydrogens is 132 g/mol. The number of hydrogen-bond donors (Lipinski definition) is 2. The summed E-state index contributed by atoms with van der Waals surface area (Å²) in [6.07, 6.45) is 0.847. The molecule has 58 valence electrons. The van der Waals surface area contributed by atoms with Crippen molar-refractivity contribution in [1.29, 1.82) is 0 Å². The van der Waals surface area contributed by atoms with E-state index in [1.165, 1.54) is 7.11 Å². The average Bonchev–Trinajstić information content (AvgIpc) is 2.34. The summed E-state index contributed by atoms with van der Waals surface area (Å²) in [6.45, 7) is 0.806. The lowest BCUT2D eigenvalue weighted by Crippen LogP contribution is -2.43. The van der Waals surface area contributed by atoms with E-state index in [1.807, 2.05) is 0 Å². The van der Waals surface area contributed by atoms with E-state index in [9.17, 15) is 4.79 Å². The van der Waals surface area contributed by atoms with Crippen molar-refractivity contribution in [3.05, 3.63) is 0 Å². The van der Waals surface area contributed by atoms with Gasteiger partial charge in [0.25, 0.3) is 0 Å². The van der Waals surface area contributed by atoms with Gasteiger partial charge in [-0.1, -0.05) is 0 Å². The van der Waals surface area contributed by atoms with E-state index in [-0.39, 0.29) is 18.1 Å². The van der Waals surface area contributed by atoms with Crippen LogP contribution in [0.3, 0.4) is 0 Å². The quantitative estimate of drug-likeness (QED) is 0.456. The SMILES string of the molecule is COC(=O)[C@H]1NCC[C@H]1N. The highest BCUT2D eigenvalue weighted by Gasteiger charge is 2.30. The molecule has 10 heavy (non-hydrogen) atoms. The third-order valence-corrected chi connectivity index (χ3v) is 1.73. The Hall–Kier alpha value is -0.610. The number of hydrogen-bond acceptors (Lipinski definition) is 4. The van der Waals surface area contributed by atoms with E-state index in [2.05, 4.69) is 10.1 Å². The van der Waals surface area contributed by atoms with Gasteiger partial charge in [0.15, 0.2) is 0 Å². The molecule has 0 aromatic heterocycles. The number of rotatable bonds is 1. The number of methoxy groups -OCH3 is 1. The van der Waals surface area contributed by atoms with Crippen molar-refractivity contribution in [2.75, 3.05) is 13.7 Å². The normalized spacial score (nSPS) is 32.2. The second-order valence-corrected chi connectivity index (χ2v) is 2.41. The fourth-order valence-electron chi connectivity index (χ4n) is 1.11.